The van der Waals surface area contributed by atoms with Crippen LogP contribution in [0.2, 0.25) is 0 Å². The third kappa shape index (κ3) is 6.42. The Bertz CT molecular complexity index is 194. The number of hydrogen-bond acceptors (Lipinski definition) is 3. The third-order valence-electron chi connectivity index (χ3n) is 1.83. The fourth-order valence-electron chi connectivity index (χ4n) is 1.12. The van der Waals surface area contributed by atoms with E-state index in [0.29, 0.717) is 6.54 Å². The fraction of sp³-hybridized carbons (Fsp3) is 0.778. The first-order chi connectivity index (χ1) is 6.60. The summed E-state index contributed by atoms with van der Waals surface area (Å²) in [4.78, 5) is 23.2. The Morgan fingerprint density at radius 3 is 2.43 bits per heavy atom. The zero-order chi connectivity index (χ0) is 11.0. The van der Waals surface area contributed by atoms with E-state index >= 15 is 0 Å². The van der Waals surface area contributed by atoms with E-state index in [1.165, 1.54) is 0 Å². The molecule has 0 atom stereocenters. The smallest absolute Gasteiger partial charge is 0.304 e. The zero-order valence-electron chi connectivity index (χ0n) is 8.75. The van der Waals surface area contributed by atoms with Crippen LogP contribution in [0.4, 0.5) is 0 Å². The van der Waals surface area contributed by atoms with Gasteiger partial charge in [0.25, 0.3) is 0 Å². The van der Waals surface area contributed by atoms with Gasteiger partial charge in [0.15, 0.2) is 0 Å². The number of aliphatic carboxylic acids is 1. The van der Waals surface area contributed by atoms with Gasteiger partial charge in [0.05, 0.1) is 13.0 Å². The zero-order valence-corrected chi connectivity index (χ0v) is 8.75. The Kier molecular flexibility index (Phi) is 6.74. The van der Waals surface area contributed by atoms with Gasteiger partial charge in [0.2, 0.25) is 5.91 Å². The van der Waals surface area contributed by atoms with Crippen molar-refractivity contribution in [3.63, 3.8) is 0 Å². The topological polar surface area (TPSA) is 69.6 Å². The molecule has 0 rings (SSSR count). The van der Waals surface area contributed by atoms with Crippen molar-refractivity contribution in [3.05, 3.63) is 0 Å². The lowest BCUT2D eigenvalue weighted by atomic mass is 10.3. The van der Waals surface area contributed by atoms with Gasteiger partial charge in [-0.1, -0.05) is 6.92 Å². The molecule has 0 bridgehead atoms. The molecule has 0 fully saturated rings. The molecule has 5 heteroatoms. The van der Waals surface area contributed by atoms with Crippen LogP contribution in [-0.4, -0.2) is 48.6 Å². The minimum absolute atomic E-state index is 0.0798. The van der Waals surface area contributed by atoms with Crippen molar-refractivity contribution in [2.75, 3.05) is 26.7 Å². The van der Waals surface area contributed by atoms with Gasteiger partial charge in [-0.3, -0.25) is 14.5 Å². The van der Waals surface area contributed by atoms with E-state index in [9.17, 15) is 9.59 Å². The lowest BCUT2D eigenvalue weighted by Gasteiger charge is -2.19. The second-order valence-electron chi connectivity index (χ2n) is 3.09. The average Bonchev–Trinajstić information content (AvgIpc) is 2.14. The first-order valence-electron chi connectivity index (χ1n) is 4.74. The van der Waals surface area contributed by atoms with Crippen molar-refractivity contribution >= 4 is 11.9 Å². The Labute approximate surface area is 84.1 Å². The third-order valence-corrected chi connectivity index (χ3v) is 1.83. The number of amides is 1. The molecule has 0 spiro atoms. The highest BCUT2D eigenvalue weighted by molar-refractivity contribution is 5.77. The summed E-state index contributed by atoms with van der Waals surface area (Å²) in [7, 11) is 1.57. The number of carboxylic acids is 1. The molecule has 1 amide bonds. The molecule has 0 aliphatic carbocycles. The first-order valence-corrected chi connectivity index (χ1v) is 4.74. The molecule has 82 valence electrons. The average molecular weight is 202 g/mol. The van der Waals surface area contributed by atoms with E-state index < -0.39 is 5.97 Å². The minimum atomic E-state index is -0.831. The van der Waals surface area contributed by atoms with Crippen molar-refractivity contribution < 1.29 is 14.7 Å². The van der Waals surface area contributed by atoms with Gasteiger partial charge in [-0.25, -0.2) is 0 Å². The van der Waals surface area contributed by atoms with Crippen molar-refractivity contribution in [1.82, 2.24) is 10.2 Å². The maximum Gasteiger partial charge on any atom is 0.304 e. The lowest BCUT2D eigenvalue weighted by Crippen LogP contribution is -2.37. The summed E-state index contributed by atoms with van der Waals surface area (Å²) in [6.07, 6.45) is 0.994. The van der Waals surface area contributed by atoms with Crippen LogP contribution in [0.1, 0.15) is 19.8 Å². The summed E-state index contributed by atoms with van der Waals surface area (Å²) >= 11 is 0. The molecule has 5 nitrogen and oxygen atoms in total. The largest absolute Gasteiger partial charge is 0.481 e. The number of hydrogen-bond donors (Lipinski definition) is 2. The van der Waals surface area contributed by atoms with E-state index in [4.69, 9.17) is 5.11 Å². The van der Waals surface area contributed by atoms with Gasteiger partial charge in [-0.2, -0.15) is 0 Å². The molecule has 0 aromatic heterocycles. The molecule has 0 aliphatic heterocycles. The molecule has 14 heavy (non-hydrogen) atoms. The Balaban J connectivity index is 3.88. The minimum Gasteiger partial charge on any atom is -0.481 e. The van der Waals surface area contributed by atoms with Crippen molar-refractivity contribution in [2.45, 2.75) is 19.8 Å². The molecular weight excluding hydrogens is 184 g/mol. The van der Waals surface area contributed by atoms with Crippen LogP contribution in [0.25, 0.3) is 0 Å². The van der Waals surface area contributed by atoms with E-state index in [-0.39, 0.29) is 18.9 Å². The van der Waals surface area contributed by atoms with Gasteiger partial charge in [-0.15, -0.1) is 0 Å². The molecule has 0 aromatic carbocycles. The first kappa shape index (κ1) is 12.9. The monoisotopic (exact) mass is 202 g/mol. The van der Waals surface area contributed by atoms with Crippen molar-refractivity contribution in [3.8, 4) is 0 Å². The summed E-state index contributed by atoms with van der Waals surface area (Å²) in [5.74, 6) is -0.910. The molecule has 0 radical (unpaired) electrons. The summed E-state index contributed by atoms with van der Waals surface area (Å²) in [5, 5.41) is 11.0. The van der Waals surface area contributed by atoms with Crippen LogP contribution in [0.3, 0.4) is 0 Å². The summed E-state index contributed by atoms with van der Waals surface area (Å²) in [6.45, 7) is 3.45. The molecule has 0 unspecified atom stereocenters. The second-order valence-corrected chi connectivity index (χ2v) is 3.09. The number of likely N-dealkylation sites (N-methyl/N-ethyl adjacent to an activating group) is 1. The number of nitrogens with zero attached hydrogens (tertiary/aromatic N) is 1. The lowest BCUT2D eigenvalue weighted by molar-refractivity contribution is -0.137. The van der Waals surface area contributed by atoms with Crippen molar-refractivity contribution in [2.24, 2.45) is 0 Å². The molecule has 0 saturated carbocycles. The predicted octanol–water partition coefficient (Wildman–Crippen LogP) is -0.0809. The highest BCUT2D eigenvalue weighted by Crippen LogP contribution is 1.94. The van der Waals surface area contributed by atoms with Gasteiger partial charge in [-0.05, 0) is 13.0 Å². The number of carbonyl (C=O) groups excluding carboxylic acids is 1. The second kappa shape index (κ2) is 7.32. The van der Waals surface area contributed by atoms with Crippen LogP contribution in [0.15, 0.2) is 0 Å². The Hall–Kier alpha value is -1.10. The highest BCUT2D eigenvalue weighted by Gasteiger charge is 2.09. The summed E-state index contributed by atoms with van der Waals surface area (Å²) < 4.78 is 0. The molecule has 0 aromatic rings. The summed E-state index contributed by atoms with van der Waals surface area (Å²) in [6, 6.07) is 0. The number of carbonyl (C=O) groups is 2. The molecule has 0 heterocycles. The molecule has 0 saturated heterocycles. The quantitative estimate of drug-likeness (QED) is 0.606. The maximum absolute atomic E-state index is 11.0. The summed E-state index contributed by atoms with van der Waals surface area (Å²) in [5.41, 5.74) is 0. The predicted molar refractivity (Wildman–Crippen MR) is 53.1 cm³/mol. The maximum atomic E-state index is 11.0. The SMILES string of the molecule is CCCN(CCC(=O)O)CC(=O)NC. The van der Waals surface area contributed by atoms with Gasteiger partial charge in [0.1, 0.15) is 0 Å². The van der Waals surface area contributed by atoms with Crippen LogP contribution < -0.4 is 5.32 Å². The van der Waals surface area contributed by atoms with Crippen LogP contribution >= 0.6 is 0 Å². The molecular formula is C9H18N2O3. The van der Waals surface area contributed by atoms with Crippen LogP contribution in [0, 0.1) is 0 Å². The highest BCUT2D eigenvalue weighted by atomic mass is 16.4. The molecule has 2 N–H and O–H groups in total. The number of rotatable bonds is 7. The van der Waals surface area contributed by atoms with E-state index in [1.54, 1.807) is 7.05 Å². The fourth-order valence-corrected chi connectivity index (χ4v) is 1.12. The van der Waals surface area contributed by atoms with Crippen LogP contribution in [0.5, 0.6) is 0 Å². The molecule has 0 aliphatic rings. The number of nitrogens with one attached hydrogen (secondary N) is 1. The Morgan fingerprint density at radius 1 is 1.36 bits per heavy atom. The number of carboxylic acid groups (broad SMARTS) is 1. The standard InChI is InChI=1S/C9H18N2O3/c1-3-5-11(6-4-9(13)14)7-8(12)10-2/h3-7H2,1-2H3,(H,10,12)(H,13,14). The van der Waals surface area contributed by atoms with Gasteiger partial charge < -0.3 is 10.4 Å². The van der Waals surface area contributed by atoms with Crippen LogP contribution in [-0.2, 0) is 9.59 Å². The normalized spacial score (nSPS) is 10.2. The van der Waals surface area contributed by atoms with Gasteiger partial charge >= 0.3 is 5.97 Å². The Morgan fingerprint density at radius 2 is 2.00 bits per heavy atom. The van der Waals surface area contributed by atoms with Crippen molar-refractivity contribution in [1.29, 1.82) is 0 Å². The van der Waals surface area contributed by atoms with E-state index in [1.807, 2.05) is 11.8 Å². The van der Waals surface area contributed by atoms with E-state index in [0.717, 1.165) is 13.0 Å². The van der Waals surface area contributed by atoms with Gasteiger partial charge in [0, 0.05) is 13.6 Å². The van der Waals surface area contributed by atoms with E-state index in [2.05, 4.69) is 5.32 Å².